The number of carbonyl (C=O) groups is 1. The summed E-state index contributed by atoms with van der Waals surface area (Å²) in [5, 5.41) is 16.9. The minimum Gasteiger partial charge on any atom is -0.480 e. The van der Waals surface area contributed by atoms with Gasteiger partial charge in [-0.1, -0.05) is 18.2 Å². The average molecular weight is 385 g/mol. The van der Waals surface area contributed by atoms with E-state index in [1.54, 1.807) is 5.38 Å². The molecule has 0 saturated heterocycles. The number of aromatic nitrogens is 1. The van der Waals surface area contributed by atoms with Crippen molar-refractivity contribution in [3.63, 3.8) is 0 Å². The Morgan fingerprint density at radius 2 is 2.04 bits per heavy atom. The van der Waals surface area contributed by atoms with Crippen molar-refractivity contribution in [1.82, 2.24) is 4.98 Å². The molecule has 27 heavy (non-hydrogen) atoms. The maximum Gasteiger partial charge on any atom is 0.338 e. The zero-order valence-corrected chi connectivity index (χ0v) is 15.1. The molecule has 0 radical (unpaired) electrons. The van der Waals surface area contributed by atoms with Crippen LogP contribution in [0.4, 0.5) is 16.5 Å². The van der Waals surface area contributed by atoms with Gasteiger partial charge in [0.2, 0.25) is 0 Å². The van der Waals surface area contributed by atoms with E-state index in [4.69, 9.17) is 4.74 Å². The lowest BCUT2D eigenvalue weighted by atomic mass is 10.2. The number of nitrogens with zero attached hydrogens (tertiary/aromatic N) is 2. The Bertz CT molecular complexity index is 959. The normalized spacial score (nSPS) is 10.3. The summed E-state index contributed by atoms with van der Waals surface area (Å²) < 4.78 is 10.1. The molecule has 138 valence electrons. The molecular formula is C18H15N3O5S. The molecule has 1 aromatic heterocycles. The zero-order valence-electron chi connectivity index (χ0n) is 14.2. The van der Waals surface area contributed by atoms with Crippen LogP contribution < -0.4 is 10.1 Å². The van der Waals surface area contributed by atoms with Gasteiger partial charge >= 0.3 is 11.7 Å². The minimum absolute atomic E-state index is 0.0539. The number of anilines is 2. The van der Waals surface area contributed by atoms with Gasteiger partial charge in [-0.15, -0.1) is 11.3 Å². The molecule has 0 aliphatic rings. The van der Waals surface area contributed by atoms with Crippen molar-refractivity contribution in [3.05, 3.63) is 75.3 Å². The number of rotatable bonds is 7. The number of esters is 1. The fourth-order valence-corrected chi connectivity index (χ4v) is 2.97. The number of para-hydroxylation sites is 1. The molecule has 0 aliphatic carbocycles. The van der Waals surface area contributed by atoms with Crippen LogP contribution in [0, 0.1) is 10.1 Å². The van der Waals surface area contributed by atoms with Crippen LogP contribution in [-0.4, -0.2) is 23.0 Å². The van der Waals surface area contributed by atoms with Crippen molar-refractivity contribution < 1.29 is 19.2 Å². The summed E-state index contributed by atoms with van der Waals surface area (Å²) in [5.74, 6) is -0.598. The first-order valence-electron chi connectivity index (χ1n) is 7.83. The van der Waals surface area contributed by atoms with Gasteiger partial charge in [0.15, 0.2) is 10.9 Å². The number of nitro groups is 1. The van der Waals surface area contributed by atoms with Crippen LogP contribution in [0.5, 0.6) is 5.75 Å². The summed E-state index contributed by atoms with van der Waals surface area (Å²) in [6.07, 6.45) is 0. The highest BCUT2D eigenvalue weighted by molar-refractivity contribution is 7.13. The highest BCUT2D eigenvalue weighted by Gasteiger charge is 2.19. The van der Waals surface area contributed by atoms with Gasteiger partial charge in [-0.05, 0) is 24.3 Å². The van der Waals surface area contributed by atoms with Crippen LogP contribution in [-0.2, 0) is 11.3 Å². The van der Waals surface area contributed by atoms with E-state index in [0.717, 1.165) is 11.8 Å². The Labute approximate surface area is 158 Å². The molecule has 0 bridgehead atoms. The van der Waals surface area contributed by atoms with Gasteiger partial charge in [-0.25, -0.2) is 9.78 Å². The van der Waals surface area contributed by atoms with Crippen LogP contribution in [0.1, 0.15) is 16.1 Å². The van der Waals surface area contributed by atoms with E-state index in [1.165, 1.54) is 30.6 Å². The summed E-state index contributed by atoms with van der Waals surface area (Å²) in [5.41, 5.74) is 1.31. The topological polar surface area (TPSA) is 104 Å². The third kappa shape index (κ3) is 4.59. The minimum atomic E-state index is -0.652. The van der Waals surface area contributed by atoms with Gasteiger partial charge < -0.3 is 14.8 Å². The summed E-state index contributed by atoms with van der Waals surface area (Å²) in [6, 6.07) is 13.5. The van der Waals surface area contributed by atoms with Crippen molar-refractivity contribution in [1.29, 1.82) is 0 Å². The van der Waals surface area contributed by atoms with Gasteiger partial charge in [-0.3, -0.25) is 10.1 Å². The second kappa shape index (κ2) is 8.28. The number of hydrogen-bond acceptors (Lipinski definition) is 8. The Morgan fingerprint density at radius 3 is 2.74 bits per heavy atom. The number of nitrogens with one attached hydrogen (secondary N) is 1. The van der Waals surface area contributed by atoms with Crippen molar-refractivity contribution in [2.75, 3.05) is 12.4 Å². The highest BCUT2D eigenvalue weighted by Crippen LogP contribution is 2.29. The smallest absolute Gasteiger partial charge is 0.338 e. The van der Waals surface area contributed by atoms with E-state index in [2.05, 4.69) is 15.0 Å². The number of ether oxygens (including phenoxy) is 2. The Hall–Kier alpha value is -3.46. The maximum atomic E-state index is 11.5. The van der Waals surface area contributed by atoms with Crippen molar-refractivity contribution in [3.8, 4) is 5.75 Å². The predicted octanol–water partition coefficient (Wildman–Crippen LogP) is 4.16. The molecule has 3 rings (SSSR count). The lowest BCUT2D eigenvalue weighted by molar-refractivity contribution is -0.386. The molecule has 0 spiro atoms. The first-order chi connectivity index (χ1) is 13.1. The van der Waals surface area contributed by atoms with E-state index >= 15 is 0 Å². The molecule has 0 amide bonds. The van der Waals surface area contributed by atoms with E-state index in [1.807, 2.05) is 30.3 Å². The molecule has 2 aromatic carbocycles. The van der Waals surface area contributed by atoms with Crippen molar-refractivity contribution in [2.24, 2.45) is 0 Å². The van der Waals surface area contributed by atoms with Crippen LogP contribution in [0.3, 0.4) is 0 Å². The van der Waals surface area contributed by atoms with Gasteiger partial charge in [0.05, 0.1) is 23.3 Å². The predicted molar refractivity (Wildman–Crippen MR) is 101 cm³/mol. The molecule has 0 fully saturated rings. The highest BCUT2D eigenvalue weighted by atomic mass is 32.1. The molecule has 0 aliphatic heterocycles. The van der Waals surface area contributed by atoms with E-state index in [-0.39, 0.29) is 23.6 Å². The Morgan fingerprint density at radius 1 is 1.26 bits per heavy atom. The quantitative estimate of drug-likeness (QED) is 0.370. The average Bonchev–Trinajstić information content (AvgIpc) is 3.13. The summed E-state index contributed by atoms with van der Waals surface area (Å²) in [7, 11) is 1.21. The number of benzene rings is 2. The lowest BCUT2D eigenvalue weighted by Gasteiger charge is -2.06. The molecule has 3 aromatic rings. The second-order valence-electron chi connectivity index (χ2n) is 5.35. The molecule has 9 heteroatoms. The second-order valence-corrected chi connectivity index (χ2v) is 6.21. The summed E-state index contributed by atoms with van der Waals surface area (Å²) >= 11 is 1.40. The molecule has 1 N–H and O–H groups in total. The van der Waals surface area contributed by atoms with Gasteiger partial charge in [0.1, 0.15) is 6.61 Å². The summed E-state index contributed by atoms with van der Waals surface area (Å²) in [4.78, 5) is 26.6. The standard InChI is InChI=1S/C18H15N3O5S/c1-25-17(22)12-7-8-16(15(9-12)21(23)24)26-10-14-11-27-18(20-14)19-13-5-3-2-4-6-13/h2-9,11H,10H2,1H3,(H,19,20). The van der Waals surface area contributed by atoms with Crippen LogP contribution in [0.15, 0.2) is 53.9 Å². The summed E-state index contributed by atoms with van der Waals surface area (Å²) in [6.45, 7) is 0.0609. The fraction of sp³-hybridized carbons (Fsp3) is 0.111. The first kappa shape index (κ1) is 18.3. The largest absolute Gasteiger partial charge is 0.480 e. The zero-order chi connectivity index (χ0) is 19.2. The van der Waals surface area contributed by atoms with E-state index in [9.17, 15) is 14.9 Å². The number of carbonyl (C=O) groups excluding carboxylic acids is 1. The molecule has 0 unspecified atom stereocenters. The number of nitro benzene ring substituents is 1. The molecule has 1 heterocycles. The molecular weight excluding hydrogens is 370 g/mol. The molecule has 8 nitrogen and oxygen atoms in total. The van der Waals surface area contributed by atoms with Crippen molar-refractivity contribution >= 4 is 33.8 Å². The molecule has 0 saturated carbocycles. The van der Waals surface area contributed by atoms with Crippen molar-refractivity contribution in [2.45, 2.75) is 6.61 Å². The molecule has 0 atom stereocenters. The lowest BCUT2D eigenvalue weighted by Crippen LogP contribution is -2.04. The van der Waals surface area contributed by atoms with Crippen LogP contribution >= 0.6 is 11.3 Å². The fourth-order valence-electron chi connectivity index (χ4n) is 2.25. The van der Waals surface area contributed by atoms with E-state index in [0.29, 0.717) is 10.8 Å². The van der Waals surface area contributed by atoms with Gasteiger partial charge in [-0.2, -0.15) is 0 Å². The number of hydrogen-bond donors (Lipinski definition) is 1. The van der Waals surface area contributed by atoms with Crippen LogP contribution in [0.25, 0.3) is 0 Å². The number of methoxy groups -OCH3 is 1. The van der Waals surface area contributed by atoms with E-state index < -0.39 is 10.9 Å². The maximum absolute atomic E-state index is 11.5. The monoisotopic (exact) mass is 385 g/mol. The Kier molecular flexibility index (Phi) is 5.62. The van der Waals surface area contributed by atoms with Gasteiger partial charge in [0.25, 0.3) is 0 Å². The first-order valence-corrected chi connectivity index (χ1v) is 8.71. The third-order valence-corrected chi connectivity index (χ3v) is 4.34. The Balaban J connectivity index is 1.69. The van der Waals surface area contributed by atoms with Gasteiger partial charge in [0, 0.05) is 17.1 Å². The van der Waals surface area contributed by atoms with Crippen LogP contribution in [0.2, 0.25) is 0 Å². The number of thiazole rings is 1. The third-order valence-electron chi connectivity index (χ3n) is 3.53. The SMILES string of the molecule is COC(=O)c1ccc(OCc2csc(Nc3ccccc3)n2)c([N+](=O)[O-])c1.